The number of nitrogens with zero attached hydrogens (tertiary/aromatic N) is 1. The highest BCUT2D eigenvalue weighted by atomic mass is 35.5. The molecule has 1 aromatic carbocycles. The highest BCUT2D eigenvalue weighted by molar-refractivity contribution is 6.18. The number of benzene rings is 1. The first kappa shape index (κ1) is 13.2. The Morgan fingerprint density at radius 3 is 2.78 bits per heavy atom. The van der Waals surface area contributed by atoms with Gasteiger partial charge in [-0.3, -0.25) is 4.79 Å². The summed E-state index contributed by atoms with van der Waals surface area (Å²) >= 11 is 5.84. The van der Waals surface area contributed by atoms with Crippen LogP contribution in [-0.4, -0.2) is 24.4 Å². The van der Waals surface area contributed by atoms with Gasteiger partial charge in [0, 0.05) is 18.8 Å². The van der Waals surface area contributed by atoms with Gasteiger partial charge in [0.1, 0.15) is 5.75 Å². The first-order valence-corrected chi connectivity index (χ1v) is 6.77. The summed E-state index contributed by atoms with van der Waals surface area (Å²) in [5.41, 5.74) is 0.851. The zero-order chi connectivity index (χ0) is 13.1. The Morgan fingerprint density at radius 1 is 1.44 bits per heavy atom. The maximum Gasteiger partial charge on any atom is 0.227 e. The molecule has 4 heteroatoms. The molecule has 1 heterocycles. The Hall–Kier alpha value is -1.22. The van der Waals surface area contributed by atoms with E-state index < -0.39 is 0 Å². The van der Waals surface area contributed by atoms with Crippen LogP contribution < -0.4 is 9.64 Å². The van der Waals surface area contributed by atoms with Gasteiger partial charge in [-0.1, -0.05) is 12.1 Å². The molecule has 1 aromatic rings. The van der Waals surface area contributed by atoms with Crippen molar-refractivity contribution in [1.82, 2.24) is 0 Å². The van der Waals surface area contributed by atoms with Crippen molar-refractivity contribution in [1.29, 1.82) is 0 Å². The topological polar surface area (TPSA) is 29.5 Å². The van der Waals surface area contributed by atoms with Gasteiger partial charge in [-0.05, 0) is 31.9 Å². The number of para-hydroxylation sites is 2. The van der Waals surface area contributed by atoms with E-state index in [1.54, 1.807) is 4.90 Å². The molecule has 1 unspecified atom stereocenters. The minimum Gasteiger partial charge on any atom is -0.489 e. The zero-order valence-corrected chi connectivity index (χ0v) is 11.5. The molecule has 0 spiro atoms. The van der Waals surface area contributed by atoms with Crippen LogP contribution in [0, 0.1) is 5.92 Å². The van der Waals surface area contributed by atoms with Crippen molar-refractivity contribution >= 4 is 23.2 Å². The summed E-state index contributed by atoms with van der Waals surface area (Å²) in [4.78, 5) is 13.8. The van der Waals surface area contributed by atoms with E-state index in [-0.39, 0.29) is 17.9 Å². The van der Waals surface area contributed by atoms with E-state index >= 15 is 0 Å². The van der Waals surface area contributed by atoms with Crippen molar-refractivity contribution in [3.63, 3.8) is 0 Å². The predicted octanol–water partition coefficient (Wildman–Crippen LogP) is 3.07. The quantitative estimate of drug-likeness (QED) is 0.785. The molecule has 1 aliphatic heterocycles. The first-order valence-electron chi connectivity index (χ1n) is 6.24. The Bertz CT molecular complexity index is 434. The third-order valence-electron chi connectivity index (χ3n) is 2.94. The van der Waals surface area contributed by atoms with Gasteiger partial charge >= 0.3 is 0 Å². The average Bonchev–Trinajstić information content (AvgIpc) is 2.70. The molecule has 3 nitrogen and oxygen atoms in total. The van der Waals surface area contributed by atoms with Crippen LogP contribution >= 0.6 is 11.6 Å². The summed E-state index contributed by atoms with van der Waals surface area (Å²) in [6, 6.07) is 7.66. The smallest absolute Gasteiger partial charge is 0.227 e. The summed E-state index contributed by atoms with van der Waals surface area (Å²) in [6.45, 7) is 4.63. The Kier molecular flexibility index (Phi) is 4.12. The summed E-state index contributed by atoms with van der Waals surface area (Å²) < 4.78 is 5.75. The average molecular weight is 268 g/mol. The van der Waals surface area contributed by atoms with Crippen LogP contribution in [0.4, 0.5) is 5.69 Å². The second-order valence-electron chi connectivity index (χ2n) is 4.86. The van der Waals surface area contributed by atoms with Crippen molar-refractivity contribution in [2.24, 2.45) is 5.92 Å². The van der Waals surface area contributed by atoms with Crippen molar-refractivity contribution in [3.8, 4) is 5.75 Å². The Labute approximate surface area is 113 Å². The number of alkyl halides is 1. The minimum atomic E-state index is 0.0904. The summed E-state index contributed by atoms with van der Waals surface area (Å²) in [5, 5.41) is 0. The molecule has 0 bridgehead atoms. The zero-order valence-electron chi connectivity index (χ0n) is 10.7. The second-order valence-corrected chi connectivity index (χ2v) is 5.17. The number of carbonyl (C=O) groups excluding carboxylic acids is 1. The van der Waals surface area contributed by atoms with E-state index in [0.717, 1.165) is 11.4 Å². The third kappa shape index (κ3) is 2.78. The van der Waals surface area contributed by atoms with E-state index in [1.165, 1.54) is 0 Å². The lowest BCUT2D eigenvalue weighted by atomic mass is 10.1. The molecule has 1 amide bonds. The fourth-order valence-corrected chi connectivity index (χ4v) is 2.36. The standard InChI is InChI=1S/C14H18ClNO2/c1-10(2)18-13-6-4-3-5-12(13)16-9-11(8-15)7-14(16)17/h3-6,10-11H,7-9H2,1-2H3. The summed E-state index contributed by atoms with van der Waals surface area (Å²) in [6.07, 6.45) is 0.618. The number of hydrogen-bond donors (Lipinski definition) is 0. The summed E-state index contributed by atoms with van der Waals surface area (Å²) in [7, 11) is 0. The highest BCUT2D eigenvalue weighted by Gasteiger charge is 2.31. The van der Waals surface area contributed by atoms with E-state index in [2.05, 4.69) is 0 Å². The maximum absolute atomic E-state index is 12.0. The lowest BCUT2D eigenvalue weighted by Gasteiger charge is -2.21. The van der Waals surface area contributed by atoms with E-state index in [0.29, 0.717) is 18.8 Å². The van der Waals surface area contributed by atoms with Crippen LogP contribution in [0.5, 0.6) is 5.75 Å². The Morgan fingerprint density at radius 2 is 2.17 bits per heavy atom. The predicted molar refractivity (Wildman–Crippen MR) is 73.4 cm³/mol. The largest absolute Gasteiger partial charge is 0.489 e. The number of rotatable bonds is 4. The lowest BCUT2D eigenvalue weighted by Crippen LogP contribution is -2.25. The molecule has 98 valence electrons. The molecule has 0 saturated carbocycles. The van der Waals surface area contributed by atoms with Crippen LogP contribution in [0.15, 0.2) is 24.3 Å². The van der Waals surface area contributed by atoms with Gasteiger partial charge in [-0.25, -0.2) is 0 Å². The van der Waals surface area contributed by atoms with E-state index in [9.17, 15) is 4.79 Å². The van der Waals surface area contributed by atoms with E-state index in [1.807, 2.05) is 38.1 Å². The Balaban J connectivity index is 2.25. The summed E-state index contributed by atoms with van der Waals surface area (Å²) in [5.74, 6) is 1.65. The third-order valence-corrected chi connectivity index (χ3v) is 3.38. The molecule has 1 atom stereocenters. The first-order chi connectivity index (χ1) is 8.61. The SMILES string of the molecule is CC(C)Oc1ccccc1N1CC(CCl)CC1=O. The van der Waals surface area contributed by atoms with Gasteiger partial charge in [-0.15, -0.1) is 11.6 Å². The molecule has 0 radical (unpaired) electrons. The second kappa shape index (κ2) is 5.61. The maximum atomic E-state index is 12.0. The van der Waals surface area contributed by atoms with Crippen LogP contribution in [-0.2, 0) is 4.79 Å². The van der Waals surface area contributed by atoms with Crippen LogP contribution in [0.2, 0.25) is 0 Å². The van der Waals surface area contributed by atoms with Crippen LogP contribution in [0.25, 0.3) is 0 Å². The van der Waals surface area contributed by atoms with Crippen LogP contribution in [0.3, 0.4) is 0 Å². The molecule has 2 rings (SSSR count). The van der Waals surface area contributed by atoms with E-state index in [4.69, 9.17) is 16.3 Å². The molecule has 0 N–H and O–H groups in total. The molecule has 0 aliphatic carbocycles. The normalized spacial score (nSPS) is 19.7. The van der Waals surface area contributed by atoms with Gasteiger partial charge in [0.25, 0.3) is 0 Å². The lowest BCUT2D eigenvalue weighted by molar-refractivity contribution is -0.117. The number of ether oxygens (including phenoxy) is 1. The van der Waals surface area contributed by atoms with Gasteiger partial charge in [0.2, 0.25) is 5.91 Å². The van der Waals surface area contributed by atoms with Gasteiger partial charge in [0.15, 0.2) is 0 Å². The number of halogens is 1. The molecular weight excluding hydrogens is 250 g/mol. The van der Waals surface area contributed by atoms with Crippen molar-refractivity contribution < 1.29 is 9.53 Å². The van der Waals surface area contributed by atoms with Crippen LogP contribution in [0.1, 0.15) is 20.3 Å². The minimum absolute atomic E-state index is 0.0904. The van der Waals surface area contributed by atoms with Crippen molar-refractivity contribution in [2.45, 2.75) is 26.4 Å². The van der Waals surface area contributed by atoms with Crippen molar-refractivity contribution in [3.05, 3.63) is 24.3 Å². The number of anilines is 1. The fraction of sp³-hybridized carbons (Fsp3) is 0.500. The number of hydrogen-bond acceptors (Lipinski definition) is 2. The molecule has 0 aromatic heterocycles. The molecular formula is C14H18ClNO2. The van der Waals surface area contributed by atoms with Gasteiger partial charge < -0.3 is 9.64 Å². The molecule has 1 fully saturated rings. The molecule has 1 aliphatic rings. The molecule has 1 saturated heterocycles. The van der Waals surface area contributed by atoms with Crippen molar-refractivity contribution in [2.75, 3.05) is 17.3 Å². The van der Waals surface area contributed by atoms with Gasteiger partial charge in [0.05, 0.1) is 11.8 Å². The highest BCUT2D eigenvalue weighted by Crippen LogP contribution is 2.33. The number of carbonyl (C=O) groups is 1. The monoisotopic (exact) mass is 267 g/mol. The molecule has 18 heavy (non-hydrogen) atoms. The van der Waals surface area contributed by atoms with Gasteiger partial charge in [-0.2, -0.15) is 0 Å². The number of amides is 1. The fourth-order valence-electron chi connectivity index (χ4n) is 2.15.